The Hall–Kier alpha value is -1.70. The molecule has 2 aromatic rings. The van der Waals surface area contributed by atoms with E-state index in [0.29, 0.717) is 0 Å². The molecule has 0 amide bonds. The first kappa shape index (κ1) is 14.7. The third-order valence-electron chi connectivity index (χ3n) is 4.48. The number of nitrogens with zero attached hydrogens (tertiary/aromatic N) is 2. The van der Waals surface area contributed by atoms with Crippen molar-refractivity contribution in [2.24, 2.45) is 7.05 Å². The minimum absolute atomic E-state index is 0.0429. The summed E-state index contributed by atoms with van der Waals surface area (Å²) in [5.74, 6) is 0. The Kier molecular flexibility index (Phi) is 3.68. The first-order valence-electron chi connectivity index (χ1n) is 7.42. The van der Waals surface area contributed by atoms with Gasteiger partial charge >= 0.3 is 0 Å². The molecule has 1 aromatic carbocycles. The molecule has 3 rings (SSSR count). The summed E-state index contributed by atoms with van der Waals surface area (Å²) in [5.41, 5.74) is 7.61. The van der Waals surface area contributed by atoms with Crippen molar-refractivity contribution in [3.63, 3.8) is 0 Å². The predicted molar refractivity (Wildman–Crippen MR) is 85.6 cm³/mol. The van der Waals surface area contributed by atoms with Crippen molar-refractivity contribution in [2.75, 3.05) is 0 Å². The number of hydrogen-bond donors (Lipinski definition) is 0. The molecule has 0 spiro atoms. The monoisotopic (exact) mass is 269 g/mol. The number of benzene rings is 1. The van der Waals surface area contributed by atoms with Crippen LogP contribution in [0.25, 0.3) is 16.6 Å². The summed E-state index contributed by atoms with van der Waals surface area (Å²) < 4.78 is 2.28. The van der Waals surface area contributed by atoms with E-state index in [-0.39, 0.29) is 5.41 Å². The van der Waals surface area contributed by atoms with Crippen LogP contribution in [0.2, 0.25) is 0 Å². The molecule has 0 saturated carbocycles. The molecule has 0 N–H and O–H groups in total. The van der Waals surface area contributed by atoms with Gasteiger partial charge in [0.05, 0.1) is 0 Å². The number of hydrogen-bond acceptors (Lipinski definition) is 1. The zero-order chi connectivity index (χ0) is 15.1. The molecule has 1 heterocycles. The Labute approximate surface area is 122 Å². The molecule has 1 aliphatic rings. The van der Waals surface area contributed by atoms with Gasteiger partial charge in [0.25, 0.3) is 0 Å². The first-order valence-corrected chi connectivity index (χ1v) is 7.42. The predicted octanol–water partition coefficient (Wildman–Crippen LogP) is 4.17. The molecule has 0 radical (unpaired) electrons. The van der Waals surface area contributed by atoms with E-state index in [4.69, 9.17) is 4.98 Å². The fraction of sp³-hybridized carbons (Fsp3) is 0.444. The fourth-order valence-corrected chi connectivity index (χ4v) is 2.98. The van der Waals surface area contributed by atoms with Gasteiger partial charge in [0.2, 0.25) is 11.2 Å². The third kappa shape index (κ3) is 1.86. The second-order valence-corrected chi connectivity index (χ2v) is 5.73. The van der Waals surface area contributed by atoms with Gasteiger partial charge in [-0.3, -0.25) is 0 Å². The van der Waals surface area contributed by atoms with E-state index < -0.39 is 0 Å². The quantitative estimate of drug-likeness (QED) is 0.656. The van der Waals surface area contributed by atoms with Gasteiger partial charge in [-0.25, -0.2) is 4.98 Å². The summed E-state index contributed by atoms with van der Waals surface area (Å²) in [6.45, 7) is 13.0. The van der Waals surface area contributed by atoms with Crippen molar-refractivity contribution in [3.05, 3.63) is 41.2 Å². The topological polar surface area (TPSA) is 16.8 Å². The van der Waals surface area contributed by atoms with Gasteiger partial charge in [-0.05, 0) is 19.9 Å². The van der Waals surface area contributed by atoms with E-state index >= 15 is 0 Å². The highest BCUT2D eigenvalue weighted by atomic mass is 15.0. The zero-order valence-corrected chi connectivity index (χ0v) is 13.7. The highest BCUT2D eigenvalue weighted by molar-refractivity contribution is 5.78. The number of allylic oxidation sites excluding steroid dienone is 2. The van der Waals surface area contributed by atoms with E-state index in [0.717, 1.165) is 5.52 Å². The van der Waals surface area contributed by atoms with Crippen molar-refractivity contribution in [2.45, 2.75) is 47.0 Å². The van der Waals surface area contributed by atoms with Crippen molar-refractivity contribution >= 4 is 16.6 Å². The summed E-state index contributed by atoms with van der Waals surface area (Å²) in [6.07, 6.45) is 0. The summed E-state index contributed by atoms with van der Waals surface area (Å²) >= 11 is 0. The van der Waals surface area contributed by atoms with Gasteiger partial charge in [-0.2, -0.15) is 4.57 Å². The average molecular weight is 269 g/mol. The van der Waals surface area contributed by atoms with Crippen molar-refractivity contribution in [3.8, 4) is 0 Å². The summed E-state index contributed by atoms with van der Waals surface area (Å²) in [6, 6.07) is 8.35. The molecule has 1 aromatic heterocycles. The molecule has 106 valence electrons. The SMILES string of the molecule is CC.CC1=C(C)C(C)(C)c2nc3ccccc3[n+](C)c21. The maximum atomic E-state index is 4.91. The molecule has 0 bridgehead atoms. The lowest BCUT2D eigenvalue weighted by molar-refractivity contribution is -0.648. The smallest absolute Gasteiger partial charge is 0.231 e. The molecular formula is C18H25N2+. The van der Waals surface area contributed by atoms with E-state index in [1.807, 2.05) is 13.8 Å². The Morgan fingerprint density at radius 2 is 1.65 bits per heavy atom. The summed E-state index contributed by atoms with van der Waals surface area (Å²) in [4.78, 5) is 4.91. The van der Waals surface area contributed by atoms with Crippen molar-refractivity contribution < 1.29 is 4.57 Å². The van der Waals surface area contributed by atoms with E-state index in [9.17, 15) is 0 Å². The normalized spacial score (nSPS) is 15.9. The third-order valence-corrected chi connectivity index (χ3v) is 4.48. The molecular weight excluding hydrogens is 244 g/mol. The largest absolute Gasteiger partial charge is 0.239 e. The highest BCUT2D eigenvalue weighted by Crippen LogP contribution is 2.43. The van der Waals surface area contributed by atoms with Gasteiger partial charge in [0.1, 0.15) is 18.3 Å². The lowest BCUT2D eigenvalue weighted by atomic mass is 9.85. The van der Waals surface area contributed by atoms with Crippen LogP contribution in [0.5, 0.6) is 0 Å². The van der Waals surface area contributed by atoms with E-state index in [2.05, 4.69) is 63.6 Å². The number of aromatic nitrogens is 2. The molecule has 0 aliphatic heterocycles. The van der Waals surface area contributed by atoms with Gasteiger partial charge in [0, 0.05) is 17.1 Å². The molecule has 20 heavy (non-hydrogen) atoms. The zero-order valence-electron chi connectivity index (χ0n) is 13.7. The minimum atomic E-state index is 0.0429. The number of aryl methyl sites for hydroxylation is 1. The Bertz CT molecular complexity index is 694. The Morgan fingerprint density at radius 3 is 2.30 bits per heavy atom. The Balaban J connectivity index is 0.000000704. The van der Waals surface area contributed by atoms with Gasteiger partial charge in [0.15, 0.2) is 0 Å². The molecule has 2 heteroatoms. The number of rotatable bonds is 0. The standard InChI is InChI=1S/C16H19N2.C2H6/c1-10-11(2)16(3,4)15-14(10)18(5)13-9-7-6-8-12(13)17-15;1-2/h6-9H,1-5H3;1-2H3/q+1;. The molecule has 2 nitrogen and oxygen atoms in total. The minimum Gasteiger partial charge on any atom is -0.239 e. The second-order valence-electron chi connectivity index (χ2n) is 5.73. The molecule has 1 aliphatic carbocycles. The lowest BCUT2D eigenvalue weighted by Gasteiger charge is -2.19. The number of fused-ring (bicyclic) bond motifs is 2. The van der Waals surface area contributed by atoms with Crippen LogP contribution in [0.4, 0.5) is 0 Å². The second kappa shape index (κ2) is 5.01. The van der Waals surface area contributed by atoms with Crippen LogP contribution in [0.1, 0.15) is 52.9 Å². The number of para-hydroxylation sites is 2. The van der Waals surface area contributed by atoms with Gasteiger partial charge < -0.3 is 0 Å². The van der Waals surface area contributed by atoms with E-state index in [1.54, 1.807) is 0 Å². The van der Waals surface area contributed by atoms with Crippen molar-refractivity contribution in [1.29, 1.82) is 0 Å². The first-order chi connectivity index (χ1) is 9.44. The van der Waals surface area contributed by atoms with Crippen LogP contribution in [0.3, 0.4) is 0 Å². The Morgan fingerprint density at radius 1 is 1.05 bits per heavy atom. The van der Waals surface area contributed by atoms with Crippen LogP contribution >= 0.6 is 0 Å². The maximum Gasteiger partial charge on any atom is 0.231 e. The highest BCUT2D eigenvalue weighted by Gasteiger charge is 2.41. The summed E-state index contributed by atoms with van der Waals surface area (Å²) in [5, 5.41) is 0. The van der Waals surface area contributed by atoms with Gasteiger partial charge in [-0.1, -0.05) is 45.4 Å². The molecule has 0 unspecified atom stereocenters. The van der Waals surface area contributed by atoms with E-state index in [1.165, 1.54) is 28.1 Å². The van der Waals surface area contributed by atoms with Crippen molar-refractivity contribution in [1.82, 2.24) is 4.98 Å². The van der Waals surface area contributed by atoms with Crippen LogP contribution < -0.4 is 4.57 Å². The average Bonchev–Trinajstić information content (AvgIpc) is 2.63. The molecule has 0 fully saturated rings. The maximum absolute atomic E-state index is 4.91. The molecule has 0 atom stereocenters. The van der Waals surface area contributed by atoms with Crippen LogP contribution in [0.15, 0.2) is 29.8 Å². The summed E-state index contributed by atoms with van der Waals surface area (Å²) in [7, 11) is 2.14. The van der Waals surface area contributed by atoms with Crippen LogP contribution in [-0.4, -0.2) is 4.98 Å². The van der Waals surface area contributed by atoms with Crippen LogP contribution in [-0.2, 0) is 12.5 Å². The molecule has 0 saturated heterocycles. The van der Waals surface area contributed by atoms with Gasteiger partial charge in [-0.15, -0.1) is 0 Å². The van der Waals surface area contributed by atoms with Crippen LogP contribution in [0, 0.1) is 0 Å². The fourth-order valence-electron chi connectivity index (χ4n) is 2.98. The lowest BCUT2D eigenvalue weighted by Crippen LogP contribution is -2.36.